The van der Waals surface area contributed by atoms with Crippen molar-refractivity contribution in [3.8, 4) is 0 Å². The van der Waals surface area contributed by atoms with Gasteiger partial charge in [-0.05, 0) is 55.6 Å². The Kier molecular flexibility index (Phi) is 4.03. The van der Waals surface area contributed by atoms with Gasteiger partial charge in [0.15, 0.2) is 0 Å². The van der Waals surface area contributed by atoms with Crippen LogP contribution < -0.4 is 5.32 Å². The van der Waals surface area contributed by atoms with Crippen molar-refractivity contribution in [3.05, 3.63) is 52.9 Å². The average molecular weight is 303 g/mol. The molecule has 0 spiro atoms. The third kappa shape index (κ3) is 2.99. The molecule has 2 heterocycles. The van der Waals surface area contributed by atoms with E-state index < -0.39 is 0 Å². The summed E-state index contributed by atoms with van der Waals surface area (Å²) in [4.78, 5) is 1.25. The average Bonchev–Trinajstić information content (AvgIpc) is 3.05. The van der Waals surface area contributed by atoms with Crippen molar-refractivity contribution in [2.24, 2.45) is 7.05 Å². The largest absolute Gasteiger partial charge is 0.312 e. The second kappa shape index (κ2) is 5.95. The smallest absolute Gasteiger partial charge is 0.123 e. The van der Waals surface area contributed by atoms with Gasteiger partial charge >= 0.3 is 0 Å². The summed E-state index contributed by atoms with van der Waals surface area (Å²) in [6.07, 6.45) is 3.78. The number of benzene rings is 1. The fraction of sp³-hybridized carbons (Fsp3) is 0.312. The predicted octanol–water partition coefficient (Wildman–Crippen LogP) is 3.67. The van der Waals surface area contributed by atoms with Crippen LogP contribution in [0.1, 0.15) is 23.0 Å². The number of rotatable bonds is 5. The Bertz CT molecular complexity index is 747. The number of nitrogens with zero attached hydrogens (tertiary/aromatic N) is 2. The zero-order valence-corrected chi connectivity index (χ0v) is 13.0. The normalized spacial score (nSPS) is 12.9. The van der Waals surface area contributed by atoms with Gasteiger partial charge in [0.25, 0.3) is 0 Å². The molecule has 1 aromatic carbocycles. The molecule has 5 heteroatoms. The lowest BCUT2D eigenvalue weighted by Crippen LogP contribution is -2.16. The summed E-state index contributed by atoms with van der Waals surface area (Å²) >= 11 is 1.73. The van der Waals surface area contributed by atoms with Gasteiger partial charge in [0.05, 0.1) is 0 Å². The van der Waals surface area contributed by atoms with E-state index in [9.17, 15) is 4.39 Å². The monoisotopic (exact) mass is 303 g/mol. The Morgan fingerprint density at radius 1 is 1.33 bits per heavy atom. The highest BCUT2D eigenvalue weighted by molar-refractivity contribution is 7.19. The highest BCUT2D eigenvalue weighted by atomic mass is 32.1. The Hall–Kier alpha value is -1.72. The molecule has 3 rings (SSSR count). The van der Waals surface area contributed by atoms with Gasteiger partial charge in [-0.25, -0.2) is 4.39 Å². The molecule has 1 atom stereocenters. The van der Waals surface area contributed by atoms with E-state index in [2.05, 4.69) is 16.5 Å². The minimum Gasteiger partial charge on any atom is -0.312 e. The number of hydrogen-bond acceptors (Lipinski definition) is 3. The lowest BCUT2D eigenvalue weighted by Gasteiger charge is -2.14. The quantitative estimate of drug-likeness (QED) is 0.779. The van der Waals surface area contributed by atoms with Crippen LogP contribution >= 0.6 is 11.3 Å². The van der Waals surface area contributed by atoms with Gasteiger partial charge in [-0.15, -0.1) is 11.3 Å². The second-order valence-electron chi connectivity index (χ2n) is 5.16. The molecule has 0 saturated heterocycles. The SMILES string of the molecule is CNC(CCc1ccnn1C)c1cc2cc(F)ccc2s1. The summed E-state index contributed by atoms with van der Waals surface area (Å²) < 4.78 is 16.3. The van der Waals surface area contributed by atoms with Crippen LogP contribution in [0.4, 0.5) is 4.39 Å². The van der Waals surface area contributed by atoms with E-state index in [1.807, 2.05) is 37.1 Å². The molecule has 0 radical (unpaired) electrons. The maximum absolute atomic E-state index is 13.3. The summed E-state index contributed by atoms with van der Waals surface area (Å²) in [5, 5.41) is 8.54. The van der Waals surface area contributed by atoms with Gasteiger partial charge in [-0.2, -0.15) is 5.10 Å². The highest BCUT2D eigenvalue weighted by Crippen LogP contribution is 2.32. The van der Waals surface area contributed by atoms with E-state index in [0.29, 0.717) is 0 Å². The Labute approximate surface area is 127 Å². The van der Waals surface area contributed by atoms with E-state index >= 15 is 0 Å². The van der Waals surface area contributed by atoms with Crippen molar-refractivity contribution in [2.45, 2.75) is 18.9 Å². The van der Waals surface area contributed by atoms with Crippen LogP contribution in [0.15, 0.2) is 36.5 Å². The molecule has 110 valence electrons. The molecule has 0 saturated carbocycles. The molecule has 0 fully saturated rings. The molecule has 0 bridgehead atoms. The zero-order chi connectivity index (χ0) is 14.8. The molecule has 0 aliphatic rings. The Balaban J connectivity index is 1.79. The van der Waals surface area contributed by atoms with Gasteiger partial charge in [0.1, 0.15) is 5.82 Å². The molecule has 0 amide bonds. The number of aryl methyl sites for hydroxylation is 2. The van der Waals surface area contributed by atoms with Crippen molar-refractivity contribution in [2.75, 3.05) is 7.05 Å². The molecule has 0 aliphatic carbocycles. The van der Waals surface area contributed by atoms with Gasteiger partial charge in [-0.3, -0.25) is 4.68 Å². The molecule has 3 aromatic rings. The summed E-state index contributed by atoms with van der Waals surface area (Å²) in [5.74, 6) is -0.178. The molecule has 1 N–H and O–H groups in total. The third-order valence-corrected chi connectivity index (χ3v) is 5.03. The number of aromatic nitrogens is 2. The summed E-state index contributed by atoms with van der Waals surface area (Å²) in [6, 6.07) is 9.39. The summed E-state index contributed by atoms with van der Waals surface area (Å²) in [5.41, 5.74) is 1.22. The lowest BCUT2D eigenvalue weighted by molar-refractivity contribution is 0.543. The first-order chi connectivity index (χ1) is 10.2. The highest BCUT2D eigenvalue weighted by Gasteiger charge is 2.14. The van der Waals surface area contributed by atoms with Crippen LogP contribution in [0.3, 0.4) is 0 Å². The third-order valence-electron chi connectivity index (χ3n) is 3.80. The summed E-state index contributed by atoms with van der Waals surface area (Å²) in [6.45, 7) is 0. The topological polar surface area (TPSA) is 29.9 Å². The molecule has 3 nitrogen and oxygen atoms in total. The van der Waals surface area contributed by atoms with Crippen LogP contribution in [0.25, 0.3) is 10.1 Å². The minimum atomic E-state index is -0.178. The molecular weight excluding hydrogens is 285 g/mol. The Morgan fingerprint density at radius 2 is 2.19 bits per heavy atom. The number of hydrogen-bond donors (Lipinski definition) is 1. The predicted molar refractivity (Wildman–Crippen MR) is 85.1 cm³/mol. The van der Waals surface area contributed by atoms with E-state index in [1.54, 1.807) is 17.4 Å². The van der Waals surface area contributed by atoms with Crippen LogP contribution in [0.2, 0.25) is 0 Å². The maximum atomic E-state index is 13.3. The zero-order valence-electron chi connectivity index (χ0n) is 12.1. The fourth-order valence-electron chi connectivity index (χ4n) is 2.57. The fourth-order valence-corrected chi connectivity index (χ4v) is 3.76. The molecule has 2 aromatic heterocycles. The first-order valence-electron chi connectivity index (χ1n) is 7.00. The van der Waals surface area contributed by atoms with Crippen LogP contribution in [0.5, 0.6) is 0 Å². The molecular formula is C16H18FN3S. The standard InChI is InChI=1S/C16H18FN3S/c1-18-14(5-4-13-7-8-19-20(13)2)16-10-11-9-12(17)3-6-15(11)21-16/h3,6-10,14,18H,4-5H2,1-2H3. The van der Waals surface area contributed by atoms with E-state index in [-0.39, 0.29) is 11.9 Å². The van der Waals surface area contributed by atoms with Crippen molar-refractivity contribution < 1.29 is 4.39 Å². The van der Waals surface area contributed by atoms with E-state index in [0.717, 1.165) is 22.9 Å². The number of fused-ring (bicyclic) bond motifs is 1. The van der Waals surface area contributed by atoms with Crippen molar-refractivity contribution in [3.63, 3.8) is 0 Å². The first-order valence-corrected chi connectivity index (χ1v) is 7.82. The van der Waals surface area contributed by atoms with E-state index in [1.165, 1.54) is 16.6 Å². The molecule has 1 unspecified atom stereocenters. The van der Waals surface area contributed by atoms with Crippen LogP contribution in [0, 0.1) is 5.82 Å². The van der Waals surface area contributed by atoms with Crippen LogP contribution in [-0.2, 0) is 13.5 Å². The number of nitrogens with one attached hydrogen (secondary N) is 1. The van der Waals surface area contributed by atoms with Crippen molar-refractivity contribution >= 4 is 21.4 Å². The number of halogens is 1. The summed E-state index contributed by atoms with van der Waals surface area (Å²) in [7, 11) is 3.94. The van der Waals surface area contributed by atoms with E-state index in [4.69, 9.17) is 0 Å². The molecule has 0 aliphatic heterocycles. The van der Waals surface area contributed by atoms with Gasteiger partial charge < -0.3 is 5.32 Å². The first kappa shape index (κ1) is 14.2. The molecule has 21 heavy (non-hydrogen) atoms. The van der Waals surface area contributed by atoms with Crippen LogP contribution in [-0.4, -0.2) is 16.8 Å². The van der Waals surface area contributed by atoms with Gasteiger partial charge in [-0.1, -0.05) is 0 Å². The minimum absolute atomic E-state index is 0.178. The lowest BCUT2D eigenvalue weighted by atomic mass is 10.1. The van der Waals surface area contributed by atoms with Crippen molar-refractivity contribution in [1.29, 1.82) is 0 Å². The van der Waals surface area contributed by atoms with Gasteiger partial charge in [0.2, 0.25) is 0 Å². The second-order valence-corrected chi connectivity index (χ2v) is 6.27. The Morgan fingerprint density at radius 3 is 2.90 bits per heavy atom. The van der Waals surface area contributed by atoms with Gasteiger partial charge in [0, 0.05) is 34.6 Å². The van der Waals surface area contributed by atoms with Crippen molar-refractivity contribution in [1.82, 2.24) is 15.1 Å². The maximum Gasteiger partial charge on any atom is 0.123 e. The number of thiophene rings is 1.